The Morgan fingerprint density at radius 2 is 1.90 bits per heavy atom. The maximum Gasteiger partial charge on any atom is 0.277 e. The predicted molar refractivity (Wildman–Crippen MR) is 178 cm³/mol. The van der Waals surface area contributed by atoms with Gasteiger partial charge in [0.05, 0.1) is 11.4 Å². The van der Waals surface area contributed by atoms with Crippen molar-refractivity contribution in [3.63, 3.8) is 0 Å². The van der Waals surface area contributed by atoms with Crippen molar-refractivity contribution in [2.45, 2.75) is 76.8 Å². The summed E-state index contributed by atoms with van der Waals surface area (Å²) >= 11 is 0. The Hall–Kier alpha value is -4.32. The van der Waals surface area contributed by atoms with Crippen LogP contribution in [-0.2, 0) is 17.3 Å². The van der Waals surface area contributed by atoms with Gasteiger partial charge in [-0.1, -0.05) is 31.2 Å². The second kappa shape index (κ2) is 14.4. The molecule has 256 valence electrons. The number of carbonyl (C=O) groups excluding carboxylic acids is 3. The number of rotatable bonds is 13. The van der Waals surface area contributed by atoms with Gasteiger partial charge in [0, 0.05) is 81.7 Å². The Balaban J connectivity index is 1.16. The number of anilines is 2. The van der Waals surface area contributed by atoms with Gasteiger partial charge in [-0.3, -0.25) is 19.3 Å². The molecule has 0 unspecified atom stereocenters. The van der Waals surface area contributed by atoms with Gasteiger partial charge in [0.25, 0.3) is 17.7 Å². The molecule has 1 saturated carbocycles. The molecule has 3 fully saturated rings. The SMILES string of the molecule is CCC(F)(F)c1ccccc1CN1CCN(c2ccc(C(=O)NCCCN3CCCC3=O)cc2NC(=O)c2coc(C3CC3)n2)C[C@@H]1C. The Morgan fingerprint density at radius 1 is 1.08 bits per heavy atom. The lowest BCUT2D eigenvalue weighted by Gasteiger charge is -2.42. The van der Waals surface area contributed by atoms with E-state index in [9.17, 15) is 23.2 Å². The highest BCUT2D eigenvalue weighted by atomic mass is 19.3. The van der Waals surface area contributed by atoms with Crippen LogP contribution < -0.4 is 15.5 Å². The summed E-state index contributed by atoms with van der Waals surface area (Å²) in [6.45, 7) is 7.57. The van der Waals surface area contributed by atoms with Gasteiger partial charge in [0.1, 0.15) is 6.26 Å². The van der Waals surface area contributed by atoms with Crippen LogP contribution in [0.25, 0.3) is 0 Å². The fraction of sp³-hybridized carbons (Fsp3) is 0.500. The number of nitrogens with zero attached hydrogens (tertiary/aromatic N) is 4. The maximum atomic E-state index is 14.7. The smallest absolute Gasteiger partial charge is 0.277 e. The van der Waals surface area contributed by atoms with E-state index in [1.54, 1.807) is 30.3 Å². The first-order valence-corrected chi connectivity index (χ1v) is 17.0. The summed E-state index contributed by atoms with van der Waals surface area (Å²) in [5.74, 6) is -2.61. The summed E-state index contributed by atoms with van der Waals surface area (Å²) in [7, 11) is 0. The zero-order chi connectivity index (χ0) is 33.8. The van der Waals surface area contributed by atoms with Crippen LogP contribution in [0.15, 0.2) is 53.1 Å². The van der Waals surface area contributed by atoms with Gasteiger partial charge in [-0.25, -0.2) is 13.8 Å². The van der Waals surface area contributed by atoms with Crippen LogP contribution in [0, 0.1) is 0 Å². The van der Waals surface area contributed by atoms with Crippen molar-refractivity contribution in [1.82, 2.24) is 20.1 Å². The summed E-state index contributed by atoms with van der Waals surface area (Å²) in [4.78, 5) is 49.0. The average Bonchev–Trinajstić information content (AvgIpc) is 3.66. The Kier molecular flexibility index (Phi) is 10.1. The fourth-order valence-corrected chi connectivity index (χ4v) is 6.54. The quantitative estimate of drug-likeness (QED) is 0.224. The molecular formula is C36H44F2N6O4. The molecule has 10 nitrogen and oxygen atoms in total. The number of oxazole rings is 1. The molecule has 0 radical (unpaired) electrons. The molecule has 48 heavy (non-hydrogen) atoms. The minimum atomic E-state index is -2.89. The van der Waals surface area contributed by atoms with Crippen molar-refractivity contribution < 1.29 is 27.6 Å². The van der Waals surface area contributed by atoms with E-state index in [0.717, 1.165) is 31.5 Å². The van der Waals surface area contributed by atoms with Crippen LogP contribution in [0.2, 0.25) is 0 Å². The van der Waals surface area contributed by atoms with Gasteiger partial charge in [0.2, 0.25) is 5.91 Å². The van der Waals surface area contributed by atoms with Crippen LogP contribution in [0.4, 0.5) is 20.2 Å². The molecule has 2 N–H and O–H groups in total. The molecule has 1 aliphatic carbocycles. The van der Waals surface area contributed by atoms with Crippen molar-refractivity contribution in [1.29, 1.82) is 0 Å². The lowest BCUT2D eigenvalue weighted by Crippen LogP contribution is -2.51. The van der Waals surface area contributed by atoms with Crippen molar-refractivity contribution in [3.05, 3.63) is 77.0 Å². The number of alkyl halides is 2. The largest absolute Gasteiger partial charge is 0.448 e. The fourth-order valence-electron chi connectivity index (χ4n) is 6.54. The van der Waals surface area contributed by atoms with Crippen LogP contribution in [0.5, 0.6) is 0 Å². The van der Waals surface area contributed by atoms with Gasteiger partial charge in [0.15, 0.2) is 11.6 Å². The van der Waals surface area contributed by atoms with Crippen LogP contribution in [0.1, 0.15) is 96.2 Å². The molecule has 2 aliphatic heterocycles. The summed E-state index contributed by atoms with van der Waals surface area (Å²) in [5.41, 5.74) is 2.49. The third kappa shape index (κ3) is 7.69. The minimum Gasteiger partial charge on any atom is -0.448 e. The number of aromatic nitrogens is 1. The number of likely N-dealkylation sites (tertiary alicyclic amines) is 1. The molecule has 3 aromatic rings. The molecule has 0 bridgehead atoms. The van der Waals surface area contributed by atoms with E-state index in [0.29, 0.717) is 74.8 Å². The normalized spacial score (nSPS) is 18.8. The lowest BCUT2D eigenvalue weighted by atomic mass is 9.98. The third-order valence-corrected chi connectivity index (χ3v) is 9.58. The van der Waals surface area contributed by atoms with Gasteiger partial charge < -0.3 is 24.9 Å². The van der Waals surface area contributed by atoms with E-state index in [-0.39, 0.29) is 41.5 Å². The second-order valence-electron chi connectivity index (χ2n) is 13.1. The highest BCUT2D eigenvalue weighted by Crippen LogP contribution is 2.39. The van der Waals surface area contributed by atoms with E-state index in [4.69, 9.17) is 4.42 Å². The van der Waals surface area contributed by atoms with E-state index in [1.165, 1.54) is 19.3 Å². The van der Waals surface area contributed by atoms with Crippen molar-refractivity contribution in [2.24, 2.45) is 0 Å². The number of halogens is 2. The van der Waals surface area contributed by atoms with Crippen LogP contribution >= 0.6 is 0 Å². The molecule has 2 saturated heterocycles. The van der Waals surface area contributed by atoms with Gasteiger partial charge in [-0.15, -0.1) is 0 Å². The molecule has 0 spiro atoms. The molecule has 2 aromatic carbocycles. The predicted octanol–water partition coefficient (Wildman–Crippen LogP) is 5.76. The minimum absolute atomic E-state index is 0.0210. The first-order valence-electron chi connectivity index (χ1n) is 17.0. The number of amides is 3. The molecule has 12 heteroatoms. The number of piperazine rings is 1. The number of hydrogen-bond acceptors (Lipinski definition) is 7. The molecule has 3 heterocycles. The van der Waals surface area contributed by atoms with Gasteiger partial charge >= 0.3 is 0 Å². The summed E-state index contributed by atoms with van der Waals surface area (Å²) in [6.07, 6.45) is 5.21. The van der Waals surface area contributed by atoms with Crippen LogP contribution in [0.3, 0.4) is 0 Å². The number of nitrogens with one attached hydrogen (secondary N) is 2. The van der Waals surface area contributed by atoms with Crippen molar-refractivity contribution in [3.8, 4) is 0 Å². The van der Waals surface area contributed by atoms with E-state index >= 15 is 0 Å². The summed E-state index contributed by atoms with van der Waals surface area (Å²) < 4.78 is 35.0. The van der Waals surface area contributed by atoms with E-state index in [1.807, 2.05) is 11.0 Å². The number of carbonyl (C=O) groups is 3. The maximum absolute atomic E-state index is 14.7. The summed E-state index contributed by atoms with van der Waals surface area (Å²) in [6, 6.07) is 12.0. The number of hydrogen-bond donors (Lipinski definition) is 2. The van der Waals surface area contributed by atoms with E-state index < -0.39 is 11.8 Å². The second-order valence-corrected chi connectivity index (χ2v) is 13.1. The van der Waals surface area contributed by atoms with Crippen LogP contribution in [-0.4, -0.2) is 77.8 Å². The zero-order valence-electron chi connectivity index (χ0n) is 27.6. The van der Waals surface area contributed by atoms with E-state index in [2.05, 4.69) is 32.3 Å². The highest BCUT2D eigenvalue weighted by Gasteiger charge is 2.34. The first-order chi connectivity index (χ1) is 23.1. The van der Waals surface area contributed by atoms with Crippen molar-refractivity contribution in [2.75, 3.05) is 49.5 Å². The Morgan fingerprint density at radius 3 is 2.62 bits per heavy atom. The van der Waals surface area contributed by atoms with Crippen molar-refractivity contribution >= 4 is 29.1 Å². The molecular weight excluding hydrogens is 618 g/mol. The highest BCUT2D eigenvalue weighted by molar-refractivity contribution is 6.06. The third-order valence-electron chi connectivity index (χ3n) is 9.58. The Bertz CT molecular complexity index is 1640. The first kappa shape index (κ1) is 33.6. The Labute approximate surface area is 279 Å². The topological polar surface area (TPSA) is 111 Å². The monoisotopic (exact) mass is 662 g/mol. The average molecular weight is 663 g/mol. The standard InChI is InChI=1S/C36H44F2N6O4/c1-3-36(37,38)28-9-5-4-8-27(28)22-43-18-19-44(21-24(43)2)31-14-13-26(33(46)39-15-7-17-42-16-6-10-32(42)45)20-29(31)40-34(47)30-23-48-35(41-30)25-11-12-25/h4-5,8-9,13-14,20,23-25H,3,6-7,10-12,15-19,21-22H2,1-2H3,(H,39,46)(H,40,47)/t24-/m0/s1. The van der Waals surface area contributed by atoms with Gasteiger partial charge in [-0.2, -0.15) is 0 Å². The molecule has 3 amide bonds. The van der Waals surface area contributed by atoms with Gasteiger partial charge in [-0.05, 0) is 56.4 Å². The zero-order valence-corrected chi connectivity index (χ0v) is 27.6. The molecule has 1 aromatic heterocycles. The molecule has 1 atom stereocenters. The number of benzene rings is 2. The molecule has 6 rings (SSSR count). The molecule has 3 aliphatic rings. The lowest BCUT2D eigenvalue weighted by molar-refractivity contribution is -0.127. The summed E-state index contributed by atoms with van der Waals surface area (Å²) in [5, 5.41) is 5.91.